The number of carboxylic acid groups (broad SMARTS) is 1. The minimum absolute atomic E-state index is 0.1000. The number of nitrogens with two attached hydrogens (primary N) is 1. The van der Waals surface area contributed by atoms with Crippen LogP contribution in [0.3, 0.4) is 0 Å². The molecule has 118 valence electrons. The van der Waals surface area contributed by atoms with Gasteiger partial charge in [0.05, 0.1) is 24.0 Å². The summed E-state index contributed by atoms with van der Waals surface area (Å²) in [6.45, 7) is 0. The molecule has 1 aromatic heterocycles. The fourth-order valence-electron chi connectivity index (χ4n) is 2.07. The number of nitriles is 1. The second-order valence-corrected chi connectivity index (χ2v) is 5.19. The Labute approximate surface area is 137 Å². The first-order valence-electron chi connectivity index (χ1n) is 6.04. The van der Waals surface area contributed by atoms with Crippen molar-refractivity contribution in [2.75, 3.05) is 12.8 Å². The molecule has 2 rings (SSSR count). The number of esters is 1. The van der Waals surface area contributed by atoms with Crippen LogP contribution in [0.25, 0.3) is 5.69 Å². The van der Waals surface area contributed by atoms with Crippen LogP contribution < -0.4 is 5.73 Å². The van der Waals surface area contributed by atoms with Gasteiger partial charge in [-0.15, -0.1) is 0 Å². The molecule has 9 heteroatoms. The van der Waals surface area contributed by atoms with Crippen LogP contribution in [-0.2, 0) is 4.74 Å². The molecule has 1 heterocycles. The van der Waals surface area contributed by atoms with E-state index in [1.165, 1.54) is 6.07 Å². The highest BCUT2D eigenvalue weighted by Crippen LogP contribution is 2.31. The SMILES string of the molecule is COC(=O)c1c(N)c(C#N)cn1-c1c(F)ccc(Br)c1C(=O)O. The van der Waals surface area contributed by atoms with E-state index in [2.05, 4.69) is 20.7 Å². The Morgan fingerprint density at radius 1 is 1.48 bits per heavy atom. The minimum Gasteiger partial charge on any atom is -0.478 e. The zero-order valence-electron chi connectivity index (χ0n) is 11.6. The fourth-order valence-corrected chi connectivity index (χ4v) is 2.56. The highest BCUT2D eigenvalue weighted by molar-refractivity contribution is 9.10. The number of carbonyl (C=O) groups excluding carboxylic acids is 1. The van der Waals surface area contributed by atoms with Gasteiger partial charge in [-0.1, -0.05) is 0 Å². The van der Waals surface area contributed by atoms with Gasteiger partial charge in [-0.3, -0.25) is 0 Å². The third-order valence-corrected chi connectivity index (χ3v) is 3.74. The zero-order chi connectivity index (χ0) is 17.3. The average molecular weight is 382 g/mol. The fraction of sp³-hybridized carbons (Fsp3) is 0.0714. The summed E-state index contributed by atoms with van der Waals surface area (Å²) in [6.07, 6.45) is 1.08. The zero-order valence-corrected chi connectivity index (χ0v) is 13.2. The maximum atomic E-state index is 14.3. The van der Waals surface area contributed by atoms with Gasteiger partial charge in [0, 0.05) is 10.7 Å². The van der Waals surface area contributed by atoms with Gasteiger partial charge < -0.3 is 20.1 Å². The molecule has 23 heavy (non-hydrogen) atoms. The second-order valence-electron chi connectivity index (χ2n) is 4.34. The van der Waals surface area contributed by atoms with Gasteiger partial charge in [-0.25, -0.2) is 14.0 Å². The van der Waals surface area contributed by atoms with Gasteiger partial charge in [-0.2, -0.15) is 5.26 Å². The molecule has 0 aliphatic rings. The lowest BCUT2D eigenvalue weighted by molar-refractivity contribution is 0.0590. The van der Waals surface area contributed by atoms with E-state index in [-0.39, 0.29) is 21.4 Å². The van der Waals surface area contributed by atoms with Crippen molar-refractivity contribution in [3.8, 4) is 11.8 Å². The Hall–Kier alpha value is -2.86. The Morgan fingerprint density at radius 3 is 2.65 bits per heavy atom. The highest BCUT2D eigenvalue weighted by Gasteiger charge is 2.27. The van der Waals surface area contributed by atoms with E-state index in [0.29, 0.717) is 0 Å². The lowest BCUT2D eigenvalue weighted by Crippen LogP contribution is -2.15. The molecule has 3 N–H and O–H groups in total. The van der Waals surface area contributed by atoms with E-state index in [1.54, 1.807) is 6.07 Å². The normalized spacial score (nSPS) is 10.2. The van der Waals surface area contributed by atoms with Crippen molar-refractivity contribution in [2.24, 2.45) is 0 Å². The molecule has 1 aromatic carbocycles. The quantitative estimate of drug-likeness (QED) is 0.787. The van der Waals surface area contributed by atoms with Crippen molar-refractivity contribution >= 4 is 33.6 Å². The van der Waals surface area contributed by atoms with Crippen molar-refractivity contribution in [2.45, 2.75) is 0 Å². The number of benzene rings is 1. The molecule has 0 saturated heterocycles. The third kappa shape index (κ3) is 2.64. The number of carboxylic acids is 1. The molecule has 0 aliphatic carbocycles. The van der Waals surface area contributed by atoms with Gasteiger partial charge in [-0.05, 0) is 28.1 Å². The number of hydrogen-bond donors (Lipinski definition) is 2. The molecule has 0 fully saturated rings. The van der Waals surface area contributed by atoms with Crippen molar-refractivity contribution < 1.29 is 23.8 Å². The van der Waals surface area contributed by atoms with Gasteiger partial charge in [0.15, 0.2) is 5.69 Å². The largest absolute Gasteiger partial charge is 0.478 e. The predicted octanol–water partition coefficient (Wildman–Crippen LogP) is 2.32. The number of aromatic carboxylic acids is 1. The van der Waals surface area contributed by atoms with Crippen LogP contribution in [0.15, 0.2) is 22.8 Å². The summed E-state index contributed by atoms with van der Waals surface area (Å²) in [5.41, 5.74) is 4.20. The first-order valence-corrected chi connectivity index (χ1v) is 6.83. The topological polar surface area (TPSA) is 118 Å². The van der Waals surface area contributed by atoms with Crippen molar-refractivity contribution in [1.82, 2.24) is 4.57 Å². The van der Waals surface area contributed by atoms with E-state index >= 15 is 0 Å². The first-order chi connectivity index (χ1) is 10.8. The number of carbonyl (C=O) groups is 2. The predicted molar refractivity (Wildman–Crippen MR) is 80.9 cm³/mol. The number of nitrogen functional groups attached to an aromatic ring is 1. The number of aromatic nitrogens is 1. The molecule has 0 amide bonds. The van der Waals surface area contributed by atoms with Crippen LogP contribution in [0.4, 0.5) is 10.1 Å². The van der Waals surface area contributed by atoms with E-state index in [9.17, 15) is 19.1 Å². The maximum Gasteiger partial charge on any atom is 0.357 e. The molecule has 0 aliphatic heterocycles. The molecule has 0 atom stereocenters. The average Bonchev–Trinajstić information content (AvgIpc) is 2.84. The summed E-state index contributed by atoms with van der Waals surface area (Å²) in [7, 11) is 1.08. The van der Waals surface area contributed by atoms with E-state index in [0.717, 1.165) is 23.9 Å². The van der Waals surface area contributed by atoms with E-state index in [1.807, 2.05) is 0 Å². The Balaban J connectivity index is 2.94. The number of methoxy groups -OCH3 is 1. The molecular weight excluding hydrogens is 373 g/mol. The van der Waals surface area contributed by atoms with Crippen molar-refractivity contribution in [3.63, 3.8) is 0 Å². The summed E-state index contributed by atoms with van der Waals surface area (Å²) in [6, 6.07) is 4.00. The first kappa shape index (κ1) is 16.5. The van der Waals surface area contributed by atoms with E-state index in [4.69, 9.17) is 11.0 Å². The van der Waals surface area contributed by atoms with Crippen LogP contribution in [0.1, 0.15) is 26.4 Å². The Morgan fingerprint density at radius 2 is 2.13 bits per heavy atom. The minimum atomic E-state index is -1.42. The Kier molecular flexibility index (Phi) is 4.38. The van der Waals surface area contributed by atoms with Crippen LogP contribution in [0, 0.1) is 17.1 Å². The van der Waals surface area contributed by atoms with Gasteiger partial charge in [0.1, 0.15) is 17.4 Å². The third-order valence-electron chi connectivity index (χ3n) is 3.08. The number of hydrogen-bond acceptors (Lipinski definition) is 5. The summed E-state index contributed by atoms with van der Waals surface area (Å²) >= 11 is 3.03. The molecule has 0 radical (unpaired) electrons. The lowest BCUT2D eigenvalue weighted by atomic mass is 10.1. The number of rotatable bonds is 3. The molecule has 0 spiro atoms. The van der Waals surface area contributed by atoms with Gasteiger partial charge >= 0.3 is 11.9 Å². The lowest BCUT2D eigenvalue weighted by Gasteiger charge is -2.13. The molecule has 7 nitrogen and oxygen atoms in total. The molecule has 2 aromatic rings. The second kappa shape index (κ2) is 6.10. The van der Waals surface area contributed by atoms with Gasteiger partial charge in [0.25, 0.3) is 0 Å². The number of halogens is 2. The van der Waals surface area contributed by atoms with Crippen molar-refractivity contribution in [1.29, 1.82) is 5.26 Å². The van der Waals surface area contributed by atoms with E-state index < -0.39 is 29.0 Å². The van der Waals surface area contributed by atoms with Crippen LogP contribution >= 0.6 is 15.9 Å². The van der Waals surface area contributed by atoms with Crippen LogP contribution in [-0.4, -0.2) is 28.7 Å². The van der Waals surface area contributed by atoms with Crippen LogP contribution in [0.2, 0.25) is 0 Å². The van der Waals surface area contributed by atoms with Crippen LogP contribution in [0.5, 0.6) is 0 Å². The summed E-state index contributed by atoms with van der Waals surface area (Å²) in [5, 5.41) is 18.4. The standard InChI is InChI=1S/C14H9BrFN3O4/c1-23-14(22)12-10(18)6(4-17)5-19(12)11-8(16)3-2-7(15)9(11)13(20)21/h2-3,5H,18H2,1H3,(H,20,21). The monoisotopic (exact) mass is 381 g/mol. The summed E-state index contributed by atoms with van der Waals surface area (Å²) in [4.78, 5) is 23.4. The smallest absolute Gasteiger partial charge is 0.357 e. The number of nitrogens with zero attached hydrogens (tertiary/aromatic N) is 2. The number of anilines is 1. The maximum absolute atomic E-state index is 14.3. The summed E-state index contributed by atoms with van der Waals surface area (Å²) in [5.74, 6) is -3.26. The molecule has 0 bridgehead atoms. The molecular formula is C14H9BrFN3O4. The summed E-state index contributed by atoms with van der Waals surface area (Å²) < 4.78 is 19.9. The molecule has 0 saturated carbocycles. The molecule has 0 unspecified atom stereocenters. The van der Waals surface area contributed by atoms with Crippen molar-refractivity contribution in [3.05, 3.63) is 45.4 Å². The Bertz CT molecular complexity index is 870. The van der Waals surface area contributed by atoms with Gasteiger partial charge in [0.2, 0.25) is 0 Å². The highest BCUT2D eigenvalue weighted by atomic mass is 79.9. The number of ether oxygens (including phenoxy) is 1.